The summed E-state index contributed by atoms with van der Waals surface area (Å²) in [6.45, 7) is 4.11. The van der Waals surface area contributed by atoms with E-state index in [0.717, 1.165) is 19.3 Å². The Balaban J connectivity index is 2.55. The van der Waals surface area contributed by atoms with Gasteiger partial charge in [-0.05, 0) is 45.2 Å². The number of anilines is 2. The molecule has 1 saturated heterocycles. The second kappa shape index (κ2) is 5.07. The molecule has 0 bridgehead atoms. The number of carboxylic acid groups (broad SMARTS) is 1. The number of hydrogen-bond acceptors (Lipinski definition) is 3. The smallest absolute Gasteiger partial charge is 0.340 e. The summed E-state index contributed by atoms with van der Waals surface area (Å²) in [6.07, 6.45) is 3.12. The Hall–Kier alpha value is -1.78. The van der Waals surface area contributed by atoms with E-state index in [9.17, 15) is 14.3 Å². The van der Waals surface area contributed by atoms with Gasteiger partial charge >= 0.3 is 5.97 Å². The minimum absolute atomic E-state index is 0.124. The lowest BCUT2D eigenvalue weighted by atomic mass is 9.95. The van der Waals surface area contributed by atoms with Gasteiger partial charge in [0.15, 0.2) is 0 Å². The molecule has 0 aromatic heterocycles. The molecule has 2 rings (SSSR count). The maximum absolute atomic E-state index is 13.5. The van der Waals surface area contributed by atoms with Crippen LogP contribution in [0.5, 0.6) is 0 Å². The minimum atomic E-state index is -1.18. The molecule has 2 atom stereocenters. The van der Waals surface area contributed by atoms with E-state index in [0.29, 0.717) is 5.69 Å². The van der Waals surface area contributed by atoms with Gasteiger partial charge in [0, 0.05) is 12.1 Å². The Kier molecular flexibility index (Phi) is 3.64. The van der Waals surface area contributed by atoms with Crippen LogP contribution < -0.4 is 10.6 Å². The van der Waals surface area contributed by atoms with E-state index in [-0.39, 0.29) is 23.3 Å². The normalized spacial score (nSPS) is 23.4. The second-order valence-corrected chi connectivity index (χ2v) is 5.20. The van der Waals surface area contributed by atoms with E-state index < -0.39 is 11.8 Å². The average molecular weight is 266 g/mol. The molecule has 1 fully saturated rings. The maximum atomic E-state index is 13.5. The fourth-order valence-electron chi connectivity index (χ4n) is 2.92. The monoisotopic (exact) mass is 266 g/mol. The lowest BCUT2D eigenvalue weighted by molar-refractivity contribution is 0.0698. The Morgan fingerprint density at radius 3 is 2.47 bits per heavy atom. The largest absolute Gasteiger partial charge is 0.478 e. The molecule has 0 radical (unpaired) electrons. The lowest BCUT2D eigenvalue weighted by Crippen LogP contribution is -2.44. The van der Waals surface area contributed by atoms with Crippen LogP contribution in [0.2, 0.25) is 0 Å². The first-order valence-electron chi connectivity index (χ1n) is 6.53. The number of rotatable bonds is 2. The van der Waals surface area contributed by atoms with Crippen LogP contribution in [0.4, 0.5) is 15.8 Å². The van der Waals surface area contributed by atoms with Gasteiger partial charge in [-0.2, -0.15) is 0 Å². The SMILES string of the molecule is CC1CCCC(C)N1c1ccc(F)c(N)c1C(=O)O. The van der Waals surface area contributed by atoms with E-state index in [1.165, 1.54) is 12.1 Å². The highest BCUT2D eigenvalue weighted by Crippen LogP contribution is 2.35. The van der Waals surface area contributed by atoms with Crippen molar-refractivity contribution in [1.29, 1.82) is 0 Å². The van der Waals surface area contributed by atoms with Crippen LogP contribution >= 0.6 is 0 Å². The van der Waals surface area contributed by atoms with Crippen LogP contribution in [0.15, 0.2) is 12.1 Å². The summed E-state index contributed by atoms with van der Waals surface area (Å²) in [6, 6.07) is 3.22. The van der Waals surface area contributed by atoms with Gasteiger partial charge in [-0.15, -0.1) is 0 Å². The van der Waals surface area contributed by atoms with Crippen molar-refractivity contribution in [1.82, 2.24) is 0 Å². The fourth-order valence-corrected chi connectivity index (χ4v) is 2.92. The molecule has 1 aromatic carbocycles. The van der Waals surface area contributed by atoms with Crippen molar-refractivity contribution in [2.45, 2.75) is 45.2 Å². The van der Waals surface area contributed by atoms with Gasteiger partial charge in [-0.3, -0.25) is 0 Å². The zero-order chi connectivity index (χ0) is 14.2. The van der Waals surface area contributed by atoms with Gasteiger partial charge in [-0.1, -0.05) is 0 Å². The molecule has 3 N–H and O–H groups in total. The Labute approximate surface area is 112 Å². The van der Waals surface area contributed by atoms with Gasteiger partial charge in [0.1, 0.15) is 11.4 Å². The van der Waals surface area contributed by atoms with E-state index >= 15 is 0 Å². The first-order chi connectivity index (χ1) is 8.93. The number of halogens is 1. The van der Waals surface area contributed by atoms with Gasteiger partial charge in [0.2, 0.25) is 0 Å². The Morgan fingerprint density at radius 2 is 1.95 bits per heavy atom. The molecule has 19 heavy (non-hydrogen) atoms. The number of aromatic carboxylic acids is 1. The third-order valence-corrected chi connectivity index (χ3v) is 3.86. The quantitative estimate of drug-likeness (QED) is 0.808. The van der Waals surface area contributed by atoms with Crippen molar-refractivity contribution >= 4 is 17.3 Å². The summed E-state index contributed by atoms with van der Waals surface area (Å²) in [4.78, 5) is 13.4. The standard InChI is InChI=1S/C14H19FN2O2/c1-8-4-3-5-9(2)17(8)11-7-6-10(15)13(16)12(11)14(18)19/h6-9H,3-5,16H2,1-2H3,(H,18,19). The number of piperidine rings is 1. The van der Waals surface area contributed by atoms with Gasteiger partial charge in [0.05, 0.1) is 11.4 Å². The zero-order valence-corrected chi connectivity index (χ0v) is 11.2. The number of nitrogen functional groups attached to an aromatic ring is 1. The number of carbonyl (C=O) groups is 1. The van der Waals surface area contributed by atoms with Crippen molar-refractivity contribution in [3.63, 3.8) is 0 Å². The summed E-state index contributed by atoms with van der Waals surface area (Å²) in [5, 5.41) is 9.30. The molecule has 104 valence electrons. The van der Waals surface area contributed by atoms with Crippen LogP contribution in [-0.2, 0) is 0 Å². The summed E-state index contributed by atoms with van der Waals surface area (Å²) in [7, 11) is 0. The van der Waals surface area contributed by atoms with Crippen molar-refractivity contribution in [2.75, 3.05) is 10.6 Å². The Morgan fingerprint density at radius 1 is 1.37 bits per heavy atom. The molecule has 1 aliphatic heterocycles. The average Bonchev–Trinajstić information content (AvgIpc) is 2.33. The lowest BCUT2D eigenvalue weighted by Gasteiger charge is -2.41. The van der Waals surface area contributed by atoms with Crippen LogP contribution in [-0.4, -0.2) is 23.2 Å². The van der Waals surface area contributed by atoms with E-state index in [1.54, 1.807) is 0 Å². The molecule has 1 aliphatic rings. The first-order valence-corrected chi connectivity index (χ1v) is 6.53. The summed E-state index contributed by atoms with van der Waals surface area (Å²) in [5.74, 6) is -1.87. The number of benzene rings is 1. The van der Waals surface area contributed by atoms with Crippen LogP contribution in [0.25, 0.3) is 0 Å². The summed E-state index contributed by atoms with van der Waals surface area (Å²) < 4.78 is 13.5. The molecule has 5 heteroatoms. The van der Waals surface area contributed by atoms with Gasteiger partial charge in [0.25, 0.3) is 0 Å². The number of hydrogen-bond donors (Lipinski definition) is 2. The topological polar surface area (TPSA) is 66.6 Å². The molecule has 0 spiro atoms. The van der Waals surface area contributed by atoms with Crippen molar-refractivity contribution in [3.8, 4) is 0 Å². The molecule has 1 aromatic rings. The summed E-state index contributed by atoms with van der Waals surface area (Å²) in [5.41, 5.74) is 5.71. The molecule has 0 saturated carbocycles. The van der Waals surface area contributed by atoms with E-state index in [1.807, 2.05) is 4.90 Å². The number of nitrogens with two attached hydrogens (primary N) is 1. The predicted molar refractivity (Wildman–Crippen MR) is 73.0 cm³/mol. The molecule has 1 heterocycles. The molecule has 0 aliphatic carbocycles. The van der Waals surface area contributed by atoms with E-state index in [4.69, 9.17) is 5.73 Å². The first kappa shape index (κ1) is 13.6. The van der Waals surface area contributed by atoms with Crippen molar-refractivity contribution < 1.29 is 14.3 Å². The fraction of sp³-hybridized carbons (Fsp3) is 0.500. The van der Waals surface area contributed by atoms with Crippen molar-refractivity contribution in [2.24, 2.45) is 0 Å². The van der Waals surface area contributed by atoms with Gasteiger partial charge < -0.3 is 15.7 Å². The van der Waals surface area contributed by atoms with Crippen LogP contribution in [0.3, 0.4) is 0 Å². The summed E-state index contributed by atoms with van der Waals surface area (Å²) >= 11 is 0. The number of carboxylic acids is 1. The highest BCUT2D eigenvalue weighted by molar-refractivity contribution is 6.00. The highest BCUT2D eigenvalue weighted by atomic mass is 19.1. The molecule has 4 nitrogen and oxygen atoms in total. The highest BCUT2D eigenvalue weighted by Gasteiger charge is 2.29. The van der Waals surface area contributed by atoms with Crippen LogP contribution in [0.1, 0.15) is 43.5 Å². The third-order valence-electron chi connectivity index (χ3n) is 3.86. The zero-order valence-electron chi connectivity index (χ0n) is 11.2. The maximum Gasteiger partial charge on any atom is 0.340 e. The van der Waals surface area contributed by atoms with Gasteiger partial charge in [-0.25, -0.2) is 9.18 Å². The Bertz CT molecular complexity index is 494. The van der Waals surface area contributed by atoms with Crippen LogP contribution in [0, 0.1) is 5.82 Å². The predicted octanol–water partition coefficient (Wildman–Crippen LogP) is 2.87. The third kappa shape index (κ3) is 2.37. The molecular formula is C14H19FN2O2. The molecule has 2 unspecified atom stereocenters. The molecule has 0 amide bonds. The minimum Gasteiger partial charge on any atom is -0.478 e. The van der Waals surface area contributed by atoms with Crippen molar-refractivity contribution in [3.05, 3.63) is 23.5 Å². The molecular weight excluding hydrogens is 247 g/mol. The van der Waals surface area contributed by atoms with E-state index in [2.05, 4.69) is 13.8 Å². The number of nitrogens with zero attached hydrogens (tertiary/aromatic N) is 1. The second-order valence-electron chi connectivity index (χ2n) is 5.20.